The standard InChI is InChI=1S/C32H46O12/c1-16(2)26(36)42-20-10-11-28(7)32(15-39-28)21(40-18(5)33)12-29(8)30(9,23(20)32)24(41-19(6)34)25(43-27(37)17(3)4)31(44-29)13-22(35)38-14-31/h16-17,20-21,23-25H,10-15H2,1-9H3/t20?,21?,23-,24?,25?,28+,29+,30+,31+,32-/m0/s1. The molecule has 12 nitrogen and oxygen atoms in total. The van der Waals surface area contributed by atoms with E-state index in [9.17, 15) is 24.0 Å². The van der Waals surface area contributed by atoms with Gasteiger partial charge in [-0.15, -0.1) is 0 Å². The van der Waals surface area contributed by atoms with E-state index in [0.717, 1.165) is 0 Å². The maximum absolute atomic E-state index is 13.2. The maximum Gasteiger partial charge on any atom is 0.309 e. The van der Waals surface area contributed by atoms with Crippen LogP contribution in [0.4, 0.5) is 0 Å². The van der Waals surface area contributed by atoms with Crippen LogP contribution >= 0.6 is 0 Å². The van der Waals surface area contributed by atoms with E-state index in [1.165, 1.54) is 13.8 Å². The van der Waals surface area contributed by atoms with E-state index in [0.29, 0.717) is 12.8 Å². The summed E-state index contributed by atoms with van der Waals surface area (Å²) in [6.07, 6.45) is -2.96. The zero-order chi connectivity index (χ0) is 32.6. The highest BCUT2D eigenvalue weighted by Crippen LogP contribution is 2.74. The molecule has 2 saturated carbocycles. The Labute approximate surface area is 258 Å². The average molecular weight is 623 g/mol. The van der Waals surface area contributed by atoms with E-state index in [1.54, 1.807) is 27.7 Å². The third-order valence-electron chi connectivity index (χ3n) is 11.2. The molecule has 3 heterocycles. The largest absolute Gasteiger partial charge is 0.462 e. The minimum atomic E-state index is -1.49. The first-order valence-corrected chi connectivity index (χ1v) is 15.6. The summed E-state index contributed by atoms with van der Waals surface area (Å²) in [6, 6.07) is 0. The number of ether oxygens (including phenoxy) is 7. The van der Waals surface area contributed by atoms with Crippen LogP contribution in [0.15, 0.2) is 0 Å². The molecule has 44 heavy (non-hydrogen) atoms. The van der Waals surface area contributed by atoms with Crippen molar-refractivity contribution in [2.24, 2.45) is 28.6 Å². The van der Waals surface area contributed by atoms with Gasteiger partial charge in [-0.05, 0) is 26.7 Å². The first kappa shape index (κ1) is 32.7. The Balaban J connectivity index is 1.77. The maximum atomic E-state index is 13.2. The quantitative estimate of drug-likeness (QED) is 0.316. The molecule has 0 aromatic rings. The molecule has 2 aliphatic carbocycles. The second-order valence-corrected chi connectivity index (χ2v) is 14.6. The number of fused-ring (bicyclic) bond motifs is 2. The van der Waals surface area contributed by atoms with Crippen LogP contribution in [0, 0.1) is 28.6 Å². The van der Waals surface area contributed by atoms with Gasteiger partial charge in [0.05, 0.1) is 41.5 Å². The fourth-order valence-electron chi connectivity index (χ4n) is 8.84. The van der Waals surface area contributed by atoms with E-state index in [4.69, 9.17) is 33.2 Å². The summed E-state index contributed by atoms with van der Waals surface area (Å²) < 4.78 is 43.4. The molecule has 0 aromatic heterocycles. The Kier molecular flexibility index (Phi) is 7.92. The number of rotatable bonds is 6. The molecule has 5 aliphatic rings. The monoisotopic (exact) mass is 622 g/mol. The lowest BCUT2D eigenvalue weighted by atomic mass is 9.37. The summed E-state index contributed by atoms with van der Waals surface area (Å²) in [5, 5.41) is 0. The predicted molar refractivity (Wildman–Crippen MR) is 151 cm³/mol. The van der Waals surface area contributed by atoms with Crippen molar-refractivity contribution in [1.82, 2.24) is 0 Å². The van der Waals surface area contributed by atoms with Gasteiger partial charge in [-0.3, -0.25) is 24.0 Å². The van der Waals surface area contributed by atoms with Gasteiger partial charge in [0.15, 0.2) is 17.8 Å². The molecule has 0 bridgehead atoms. The second-order valence-electron chi connectivity index (χ2n) is 14.6. The van der Waals surface area contributed by atoms with Crippen molar-refractivity contribution in [3.8, 4) is 0 Å². The lowest BCUT2D eigenvalue weighted by molar-refractivity contribution is -0.431. The van der Waals surface area contributed by atoms with Crippen LogP contribution in [0.2, 0.25) is 0 Å². The molecule has 246 valence electrons. The molecular weight excluding hydrogens is 576 g/mol. The lowest BCUT2D eigenvalue weighted by Gasteiger charge is -2.76. The molecule has 4 unspecified atom stereocenters. The van der Waals surface area contributed by atoms with Crippen LogP contribution in [0.1, 0.15) is 88.0 Å². The summed E-state index contributed by atoms with van der Waals surface area (Å²) in [4.78, 5) is 64.6. The minimum Gasteiger partial charge on any atom is -0.462 e. The van der Waals surface area contributed by atoms with Crippen LogP contribution in [0.3, 0.4) is 0 Å². The third-order valence-corrected chi connectivity index (χ3v) is 11.2. The average Bonchev–Trinajstić information content (AvgIpc) is 3.27. The fourth-order valence-corrected chi connectivity index (χ4v) is 8.84. The summed E-state index contributed by atoms with van der Waals surface area (Å²) in [7, 11) is 0. The minimum absolute atomic E-state index is 0.155. The van der Waals surface area contributed by atoms with E-state index >= 15 is 0 Å². The van der Waals surface area contributed by atoms with Crippen LogP contribution in [0.5, 0.6) is 0 Å². The number of hydrogen-bond donors (Lipinski definition) is 0. The summed E-state index contributed by atoms with van der Waals surface area (Å²) in [6.45, 7) is 15.2. The van der Waals surface area contributed by atoms with Crippen molar-refractivity contribution in [1.29, 1.82) is 0 Å². The van der Waals surface area contributed by atoms with Gasteiger partial charge < -0.3 is 33.2 Å². The van der Waals surface area contributed by atoms with Gasteiger partial charge in [0.2, 0.25) is 0 Å². The highest BCUT2D eigenvalue weighted by molar-refractivity contribution is 5.75. The Hall–Kier alpha value is -2.73. The zero-order valence-electron chi connectivity index (χ0n) is 27.2. The van der Waals surface area contributed by atoms with Gasteiger partial charge >= 0.3 is 29.8 Å². The highest BCUT2D eigenvalue weighted by atomic mass is 16.6. The van der Waals surface area contributed by atoms with Crippen LogP contribution in [0.25, 0.3) is 0 Å². The van der Waals surface area contributed by atoms with Crippen molar-refractivity contribution in [3.05, 3.63) is 0 Å². The smallest absolute Gasteiger partial charge is 0.309 e. The van der Waals surface area contributed by atoms with E-state index in [2.05, 4.69) is 0 Å². The Morgan fingerprint density at radius 1 is 0.818 bits per heavy atom. The van der Waals surface area contributed by atoms with Crippen molar-refractivity contribution < 1.29 is 57.1 Å². The second kappa shape index (κ2) is 10.7. The van der Waals surface area contributed by atoms with Gasteiger partial charge in [-0.1, -0.05) is 34.6 Å². The summed E-state index contributed by atoms with van der Waals surface area (Å²) in [5.74, 6) is -4.22. The molecule has 5 rings (SSSR count). The van der Waals surface area contributed by atoms with Crippen LogP contribution in [-0.4, -0.2) is 84.3 Å². The van der Waals surface area contributed by atoms with Gasteiger partial charge in [-0.25, -0.2) is 0 Å². The molecule has 3 aliphatic heterocycles. The number of hydrogen-bond acceptors (Lipinski definition) is 12. The molecule has 0 amide bonds. The predicted octanol–water partition coefficient (Wildman–Crippen LogP) is 3.06. The molecule has 12 heteroatoms. The van der Waals surface area contributed by atoms with Crippen molar-refractivity contribution in [2.45, 2.75) is 129 Å². The summed E-state index contributed by atoms with van der Waals surface area (Å²) >= 11 is 0. The van der Waals surface area contributed by atoms with E-state index in [1.807, 2.05) is 20.8 Å². The van der Waals surface area contributed by atoms with Gasteiger partial charge in [0, 0.05) is 31.6 Å². The number of esters is 5. The van der Waals surface area contributed by atoms with Crippen LogP contribution < -0.4 is 0 Å². The van der Waals surface area contributed by atoms with Gasteiger partial charge in [0.25, 0.3) is 0 Å². The van der Waals surface area contributed by atoms with Gasteiger partial charge in [0.1, 0.15) is 18.8 Å². The molecule has 3 saturated heterocycles. The fraction of sp³-hybridized carbons (Fsp3) is 0.844. The highest BCUT2D eigenvalue weighted by Gasteiger charge is 2.84. The molecule has 2 spiro atoms. The molecular formula is C32H46O12. The molecule has 0 radical (unpaired) electrons. The molecule has 10 atom stereocenters. The number of carbonyl (C=O) groups is 5. The van der Waals surface area contributed by atoms with Crippen molar-refractivity contribution in [2.75, 3.05) is 13.2 Å². The molecule has 0 aromatic carbocycles. The normalized spacial score (nSPS) is 44.1. The summed E-state index contributed by atoms with van der Waals surface area (Å²) in [5.41, 5.74) is -5.58. The van der Waals surface area contributed by atoms with E-state index in [-0.39, 0.29) is 26.1 Å². The Bertz CT molecular complexity index is 1250. The number of cyclic esters (lactones) is 1. The zero-order valence-corrected chi connectivity index (χ0v) is 27.2. The Morgan fingerprint density at radius 3 is 1.93 bits per heavy atom. The first-order chi connectivity index (χ1) is 20.4. The molecule has 0 N–H and O–H groups in total. The van der Waals surface area contributed by atoms with Crippen molar-refractivity contribution in [3.63, 3.8) is 0 Å². The van der Waals surface area contributed by atoms with Crippen LogP contribution in [-0.2, 0) is 57.1 Å². The third kappa shape index (κ3) is 4.56. The number of carbonyl (C=O) groups excluding carboxylic acids is 5. The molecule has 5 fully saturated rings. The SMILES string of the molecule is CC(=O)OC1C(OC(=O)C(C)C)[C@@]2(COC(=O)C2)O[C@]2(C)CC(OC(C)=O)[C@]34CO[C@]3(C)CCC(OC(=O)C(C)C)[C@H]4[C@]12C. The van der Waals surface area contributed by atoms with Gasteiger partial charge in [-0.2, -0.15) is 0 Å². The van der Waals surface area contributed by atoms with Crippen molar-refractivity contribution >= 4 is 29.8 Å². The Morgan fingerprint density at radius 2 is 1.43 bits per heavy atom. The first-order valence-electron chi connectivity index (χ1n) is 15.6. The topological polar surface area (TPSA) is 150 Å². The van der Waals surface area contributed by atoms with E-state index < -0.39 is 99.6 Å². The lowest BCUT2D eigenvalue weighted by Crippen LogP contribution is -2.86.